The summed E-state index contributed by atoms with van der Waals surface area (Å²) in [4.78, 5) is 23.9. The molecule has 30 heavy (non-hydrogen) atoms. The van der Waals surface area contributed by atoms with Crippen molar-refractivity contribution in [3.05, 3.63) is 65.0 Å². The van der Waals surface area contributed by atoms with E-state index in [-0.39, 0.29) is 25.4 Å². The monoisotopic (exact) mass is 408 g/mol. The van der Waals surface area contributed by atoms with Crippen molar-refractivity contribution in [1.29, 1.82) is 0 Å². The van der Waals surface area contributed by atoms with E-state index in [0.29, 0.717) is 17.5 Å². The molecule has 3 rings (SSSR count). The fraction of sp³-hybridized carbons (Fsp3) is 0.273. The third-order valence-electron chi connectivity index (χ3n) is 4.43. The summed E-state index contributed by atoms with van der Waals surface area (Å²) in [5, 5.41) is 7.96. The fourth-order valence-corrected chi connectivity index (χ4v) is 2.79. The van der Waals surface area contributed by atoms with Crippen LogP contribution < -0.4 is 15.6 Å². The number of benzene rings is 2. The van der Waals surface area contributed by atoms with Crippen LogP contribution >= 0.6 is 0 Å². The van der Waals surface area contributed by atoms with Crippen LogP contribution in [0.4, 0.5) is 0 Å². The Hall–Kier alpha value is -3.68. The quantitative estimate of drug-likeness (QED) is 0.582. The van der Waals surface area contributed by atoms with Gasteiger partial charge in [0.05, 0.1) is 0 Å². The van der Waals surface area contributed by atoms with Crippen LogP contribution in [0.5, 0.6) is 5.75 Å². The number of nitrogens with zero attached hydrogens (tertiary/aromatic N) is 2. The molecule has 156 valence electrons. The number of para-hydroxylation sites is 1. The highest BCUT2D eigenvalue weighted by atomic mass is 16.5. The predicted molar refractivity (Wildman–Crippen MR) is 110 cm³/mol. The first kappa shape index (κ1) is 21.0. The summed E-state index contributed by atoms with van der Waals surface area (Å²) in [7, 11) is 0. The van der Waals surface area contributed by atoms with E-state index >= 15 is 0 Å². The van der Waals surface area contributed by atoms with Gasteiger partial charge < -0.3 is 9.15 Å². The number of aryl methyl sites for hydroxylation is 4. The smallest absolute Gasteiger partial charge is 0.276 e. The number of hydrazine groups is 1. The Morgan fingerprint density at radius 1 is 0.933 bits per heavy atom. The Labute approximate surface area is 174 Å². The van der Waals surface area contributed by atoms with Gasteiger partial charge in [0, 0.05) is 18.4 Å². The number of aromatic nitrogens is 2. The standard InChI is InChI=1S/C22H24N4O4/c1-14-7-9-17(10-8-14)22-26-25-20(30-22)12-11-18(27)23-24-19(28)13-29-21-15(2)5-4-6-16(21)3/h4-10H,11-13H2,1-3H3,(H,23,27)(H,24,28). The third-order valence-corrected chi connectivity index (χ3v) is 4.43. The van der Waals surface area contributed by atoms with Gasteiger partial charge in [-0.25, -0.2) is 0 Å². The summed E-state index contributed by atoms with van der Waals surface area (Å²) < 4.78 is 11.1. The summed E-state index contributed by atoms with van der Waals surface area (Å²) in [6.07, 6.45) is 0.354. The number of hydrogen-bond acceptors (Lipinski definition) is 6. The highest BCUT2D eigenvalue weighted by molar-refractivity contribution is 5.82. The summed E-state index contributed by atoms with van der Waals surface area (Å²) in [5.74, 6) is 0.600. The van der Waals surface area contributed by atoms with E-state index in [1.54, 1.807) is 0 Å². The summed E-state index contributed by atoms with van der Waals surface area (Å²) in [6, 6.07) is 13.4. The average Bonchev–Trinajstić information content (AvgIpc) is 3.20. The number of hydrogen-bond donors (Lipinski definition) is 2. The highest BCUT2D eigenvalue weighted by Crippen LogP contribution is 2.22. The van der Waals surface area contributed by atoms with E-state index in [9.17, 15) is 9.59 Å². The lowest BCUT2D eigenvalue weighted by Crippen LogP contribution is -2.44. The molecule has 2 amide bonds. The summed E-state index contributed by atoms with van der Waals surface area (Å²) in [6.45, 7) is 5.61. The molecule has 0 atom stereocenters. The lowest BCUT2D eigenvalue weighted by atomic mass is 10.1. The zero-order valence-electron chi connectivity index (χ0n) is 17.2. The van der Waals surface area contributed by atoms with Crippen molar-refractivity contribution in [2.24, 2.45) is 0 Å². The van der Waals surface area contributed by atoms with E-state index in [1.165, 1.54) is 0 Å². The molecule has 3 aromatic rings. The molecule has 0 radical (unpaired) electrons. The fourth-order valence-electron chi connectivity index (χ4n) is 2.79. The molecule has 0 aliphatic heterocycles. The molecule has 0 fully saturated rings. The number of nitrogens with one attached hydrogen (secondary N) is 2. The number of rotatable bonds is 7. The predicted octanol–water partition coefficient (Wildman–Crippen LogP) is 2.82. The van der Waals surface area contributed by atoms with E-state index in [2.05, 4.69) is 21.0 Å². The Kier molecular flexibility index (Phi) is 6.79. The molecule has 0 aliphatic rings. The molecule has 8 nitrogen and oxygen atoms in total. The van der Waals surface area contributed by atoms with E-state index in [4.69, 9.17) is 9.15 Å². The van der Waals surface area contributed by atoms with Crippen LogP contribution in [0.2, 0.25) is 0 Å². The minimum Gasteiger partial charge on any atom is -0.483 e. The SMILES string of the molecule is Cc1ccc(-c2nnc(CCC(=O)NNC(=O)COc3c(C)cccc3C)o2)cc1. The Bertz CT molecular complexity index is 1010. The summed E-state index contributed by atoms with van der Waals surface area (Å²) in [5.41, 5.74) is 8.53. The lowest BCUT2D eigenvalue weighted by molar-refractivity contribution is -0.130. The van der Waals surface area contributed by atoms with Gasteiger partial charge in [-0.1, -0.05) is 35.9 Å². The molecule has 2 aromatic carbocycles. The first-order valence-electron chi connectivity index (χ1n) is 9.58. The van der Waals surface area contributed by atoms with Gasteiger partial charge in [-0.05, 0) is 44.0 Å². The molecule has 0 bridgehead atoms. The van der Waals surface area contributed by atoms with Gasteiger partial charge in [0.1, 0.15) is 5.75 Å². The van der Waals surface area contributed by atoms with Gasteiger partial charge >= 0.3 is 0 Å². The zero-order valence-corrected chi connectivity index (χ0v) is 17.2. The second kappa shape index (κ2) is 9.69. The van der Waals surface area contributed by atoms with Crippen molar-refractivity contribution in [1.82, 2.24) is 21.0 Å². The first-order chi connectivity index (χ1) is 14.4. The molecule has 0 saturated carbocycles. The van der Waals surface area contributed by atoms with Crippen LogP contribution in [0.1, 0.15) is 29.0 Å². The Morgan fingerprint density at radius 3 is 2.30 bits per heavy atom. The number of carbonyl (C=O) groups excluding carboxylic acids is 2. The minimum atomic E-state index is -0.453. The summed E-state index contributed by atoms with van der Waals surface area (Å²) >= 11 is 0. The number of ether oxygens (including phenoxy) is 1. The van der Waals surface area contributed by atoms with Gasteiger partial charge in [0.25, 0.3) is 5.91 Å². The normalized spacial score (nSPS) is 10.5. The van der Waals surface area contributed by atoms with Crippen molar-refractivity contribution < 1.29 is 18.7 Å². The van der Waals surface area contributed by atoms with Crippen molar-refractivity contribution in [3.8, 4) is 17.2 Å². The van der Waals surface area contributed by atoms with Gasteiger partial charge in [-0.2, -0.15) is 0 Å². The van der Waals surface area contributed by atoms with Crippen LogP contribution in [0.15, 0.2) is 46.9 Å². The molecular weight excluding hydrogens is 384 g/mol. The van der Waals surface area contributed by atoms with Gasteiger partial charge in [-0.3, -0.25) is 20.4 Å². The molecule has 2 N–H and O–H groups in total. The first-order valence-corrected chi connectivity index (χ1v) is 9.58. The Morgan fingerprint density at radius 2 is 1.60 bits per heavy atom. The van der Waals surface area contributed by atoms with Crippen molar-refractivity contribution in [2.45, 2.75) is 33.6 Å². The third kappa shape index (κ3) is 5.66. The zero-order chi connectivity index (χ0) is 21.5. The average molecular weight is 408 g/mol. The molecule has 0 aliphatic carbocycles. The van der Waals surface area contributed by atoms with Gasteiger partial charge in [-0.15, -0.1) is 10.2 Å². The molecular formula is C22H24N4O4. The van der Waals surface area contributed by atoms with E-state index in [1.807, 2.05) is 63.2 Å². The topological polar surface area (TPSA) is 106 Å². The maximum atomic E-state index is 12.0. The van der Waals surface area contributed by atoms with Crippen LogP contribution in [0, 0.1) is 20.8 Å². The second-order valence-electron chi connectivity index (χ2n) is 6.97. The molecule has 0 saturated heterocycles. The maximum absolute atomic E-state index is 12.0. The largest absolute Gasteiger partial charge is 0.483 e. The highest BCUT2D eigenvalue weighted by Gasteiger charge is 2.12. The van der Waals surface area contributed by atoms with Crippen molar-refractivity contribution in [3.63, 3.8) is 0 Å². The number of carbonyl (C=O) groups is 2. The van der Waals surface area contributed by atoms with Crippen LogP contribution in [-0.2, 0) is 16.0 Å². The van der Waals surface area contributed by atoms with Crippen LogP contribution in [0.3, 0.4) is 0 Å². The lowest BCUT2D eigenvalue weighted by Gasteiger charge is -2.12. The molecule has 0 unspecified atom stereocenters. The molecule has 1 heterocycles. The van der Waals surface area contributed by atoms with Crippen molar-refractivity contribution >= 4 is 11.8 Å². The maximum Gasteiger partial charge on any atom is 0.276 e. The molecule has 0 spiro atoms. The number of amides is 2. The Balaban J connectivity index is 1.41. The van der Waals surface area contributed by atoms with Crippen LogP contribution in [-0.4, -0.2) is 28.6 Å². The van der Waals surface area contributed by atoms with Crippen molar-refractivity contribution in [2.75, 3.05) is 6.61 Å². The van der Waals surface area contributed by atoms with Crippen LogP contribution in [0.25, 0.3) is 11.5 Å². The molecule has 8 heteroatoms. The minimum absolute atomic E-state index is 0.0908. The van der Waals surface area contributed by atoms with Gasteiger partial charge in [0.2, 0.25) is 17.7 Å². The molecule has 1 aromatic heterocycles. The van der Waals surface area contributed by atoms with E-state index < -0.39 is 5.91 Å². The van der Waals surface area contributed by atoms with Gasteiger partial charge in [0.15, 0.2) is 6.61 Å². The second-order valence-corrected chi connectivity index (χ2v) is 6.97. The van der Waals surface area contributed by atoms with E-state index in [0.717, 1.165) is 22.3 Å².